The van der Waals surface area contributed by atoms with Gasteiger partial charge in [-0.1, -0.05) is 6.07 Å². The van der Waals surface area contributed by atoms with Gasteiger partial charge >= 0.3 is 12.1 Å². The Balaban J connectivity index is 2.01. The number of ether oxygens (including phenoxy) is 3. The van der Waals surface area contributed by atoms with Crippen LogP contribution in [0.1, 0.15) is 15.9 Å². The third-order valence-corrected chi connectivity index (χ3v) is 4.68. The molecular formula is C17H16IN5O6. The van der Waals surface area contributed by atoms with Crippen LogP contribution in [0.25, 0.3) is 11.0 Å². The average Bonchev–Trinajstić information content (AvgIpc) is 3.03. The van der Waals surface area contributed by atoms with E-state index in [1.807, 2.05) is 22.6 Å². The summed E-state index contributed by atoms with van der Waals surface area (Å²) >= 11 is 1.97. The summed E-state index contributed by atoms with van der Waals surface area (Å²) in [5.41, 5.74) is 1.69. The number of hydrogen-bond donors (Lipinski definition) is 2. The van der Waals surface area contributed by atoms with Crippen LogP contribution in [-0.2, 0) is 16.0 Å². The summed E-state index contributed by atoms with van der Waals surface area (Å²) in [5, 5.41) is 17.1. The molecule has 29 heavy (non-hydrogen) atoms. The molecule has 1 amide bonds. The summed E-state index contributed by atoms with van der Waals surface area (Å²) in [7, 11) is 3.98. The van der Waals surface area contributed by atoms with E-state index in [9.17, 15) is 14.7 Å². The minimum Gasteiger partial charge on any atom is -0.496 e. The van der Waals surface area contributed by atoms with Crippen LogP contribution in [0.2, 0.25) is 0 Å². The summed E-state index contributed by atoms with van der Waals surface area (Å²) < 4.78 is 16.6. The van der Waals surface area contributed by atoms with E-state index in [0.29, 0.717) is 26.1 Å². The predicted molar refractivity (Wildman–Crippen MR) is 109 cm³/mol. The number of aromatic nitrogens is 4. The van der Waals surface area contributed by atoms with Crippen LogP contribution in [0.15, 0.2) is 18.2 Å². The van der Waals surface area contributed by atoms with Gasteiger partial charge in [0.15, 0.2) is 5.52 Å². The van der Waals surface area contributed by atoms with E-state index in [-0.39, 0.29) is 23.9 Å². The Labute approximate surface area is 178 Å². The number of methoxy groups -OCH3 is 3. The van der Waals surface area contributed by atoms with Gasteiger partial charge in [-0.05, 0) is 34.7 Å². The quantitative estimate of drug-likeness (QED) is 0.388. The van der Waals surface area contributed by atoms with Gasteiger partial charge in [-0.2, -0.15) is 10.1 Å². The molecule has 11 nitrogen and oxygen atoms in total. The van der Waals surface area contributed by atoms with Crippen LogP contribution in [-0.4, -0.2) is 58.2 Å². The first-order chi connectivity index (χ1) is 13.9. The van der Waals surface area contributed by atoms with Crippen molar-refractivity contribution in [3.63, 3.8) is 0 Å². The predicted octanol–water partition coefficient (Wildman–Crippen LogP) is 2.16. The van der Waals surface area contributed by atoms with Gasteiger partial charge in [-0.25, -0.2) is 14.6 Å². The fourth-order valence-electron chi connectivity index (χ4n) is 2.62. The van der Waals surface area contributed by atoms with Crippen LogP contribution in [0, 0.1) is 3.70 Å². The summed E-state index contributed by atoms with van der Waals surface area (Å²) in [6.45, 7) is 0.213. The number of nitrogens with one attached hydrogen (secondary N) is 1. The van der Waals surface area contributed by atoms with Crippen molar-refractivity contribution in [1.82, 2.24) is 19.7 Å². The van der Waals surface area contributed by atoms with Crippen molar-refractivity contribution < 1.29 is 28.9 Å². The Kier molecular flexibility index (Phi) is 6.00. The van der Waals surface area contributed by atoms with Crippen molar-refractivity contribution in [2.24, 2.45) is 0 Å². The first kappa shape index (κ1) is 20.6. The van der Waals surface area contributed by atoms with Gasteiger partial charge in [0.05, 0.1) is 33.4 Å². The van der Waals surface area contributed by atoms with Crippen molar-refractivity contribution in [3.05, 3.63) is 33.0 Å². The number of amides is 1. The standard InChI is InChI=1S/C17H16IN5O6/c1-27-10-6-8(15(25)28-2)4-5-9(10)7-23-12-11(13(18)22-23)19-16(20-14(12)24)21-17(26)29-3/h4-6H,7H2,1-3H3,(H2,19,20,21,24,26). The molecule has 2 heterocycles. The van der Waals surface area contributed by atoms with Crippen LogP contribution in [0.5, 0.6) is 11.6 Å². The molecule has 0 atom stereocenters. The number of rotatable bonds is 5. The highest BCUT2D eigenvalue weighted by Gasteiger charge is 2.20. The minimum atomic E-state index is -0.762. The van der Waals surface area contributed by atoms with Crippen LogP contribution in [0.4, 0.5) is 10.7 Å². The number of carbonyl (C=O) groups is 2. The van der Waals surface area contributed by atoms with Crippen molar-refractivity contribution >= 4 is 51.6 Å². The number of halogens is 1. The van der Waals surface area contributed by atoms with E-state index in [2.05, 4.69) is 25.1 Å². The first-order valence-electron chi connectivity index (χ1n) is 8.11. The lowest BCUT2D eigenvalue weighted by Crippen LogP contribution is -2.13. The molecule has 0 aliphatic rings. The van der Waals surface area contributed by atoms with Crippen molar-refractivity contribution in [3.8, 4) is 11.6 Å². The second-order valence-corrected chi connectivity index (χ2v) is 6.67. The van der Waals surface area contributed by atoms with Crippen molar-refractivity contribution in [2.45, 2.75) is 6.54 Å². The molecular weight excluding hydrogens is 497 g/mol. The Morgan fingerprint density at radius 1 is 1.21 bits per heavy atom. The largest absolute Gasteiger partial charge is 0.496 e. The number of carbonyl (C=O) groups excluding carboxylic acids is 2. The molecule has 0 saturated heterocycles. The zero-order valence-corrected chi connectivity index (χ0v) is 17.8. The monoisotopic (exact) mass is 513 g/mol. The molecule has 0 aliphatic heterocycles. The SMILES string of the molecule is COC(=O)Nc1nc(O)c2c(n1)c(I)nn2Cc1ccc(C(=O)OC)cc1OC. The van der Waals surface area contributed by atoms with Gasteiger partial charge in [0.2, 0.25) is 11.8 Å². The third kappa shape index (κ3) is 4.16. The molecule has 2 N–H and O–H groups in total. The van der Waals surface area contributed by atoms with E-state index >= 15 is 0 Å². The summed E-state index contributed by atoms with van der Waals surface area (Å²) in [6.07, 6.45) is -0.762. The number of nitrogens with zero attached hydrogens (tertiary/aromatic N) is 4. The number of hydrogen-bond acceptors (Lipinski definition) is 9. The second-order valence-electron chi connectivity index (χ2n) is 5.65. The van der Waals surface area contributed by atoms with Gasteiger partial charge in [-0.3, -0.25) is 10.00 Å². The maximum atomic E-state index is 11.7. The highest BCUT2D eigenvalue weighted by Crippen LogP contribution is 2.29. The lowest BCUT2D eigenvalue weighted by atomic mass is 10.1. The van der Waals surface area contributed by atoms with E-state index < -0.39 is 12.1 Å². The Bertz CT molecular complexity index is 1100. The van der Waals surface area contributed by atoms with Crippen LogP contribution >= 0.6 is 22.6 Å². The molecule has 0 saturated carbocycles. The van der Waals surface area contributed by atoms with E-state index in [1.54, 1.807) is 18.2 Å². The van der Waals surface area contributed by atoms with Gasteiger partial charge in [0, 0.05) is 5.56 Å². The number of aromatic hydroxyl groups is 1. The molecule has 0 aliphatic carbocycles. The van der Waals surface area contributed by atoms with Gasteiger partial charge < -0.3 is 19.3 Å². The summed E-state index contributed by atoms with van der Waals surface area (Å²) in [4.78, 5) is 31.2. The van der Waals surface area contributed by atoms with Crippen LogP contribution < -0.4 is 10.1 Å². The third-order valence-electron chi connectivity index (χ3n) is 3.96. The minimum absolute atomic E-state index is 0.112. The molecule has 2 aromatic heterocycles. The maximum Gasteiger partial charge on any atom is 0.413 e. The number of anilines is 1. The number of esters is 1. The lowest BCUT2D eigenvalue weighted by molar-refractivity contribution is 0.0600. The molecule has 3 aromatic rings. The smallest absolute Gasteiger partial charge is 0.413 e. The topological polar surface area (TPSA) is 138 Å². The van der Waals surface area contributed by atoms with Gasteiger partial charge in [0.1, 0.15) is 15.0 Å². The van der Waals surface area contributed by atoms with Gasteiger partial charge in [0.25, 0.3) is 0 Å². The highest BCUT2D eigenvalue weighted by molar-refractivity contribution is 14.1. The Hall–Kier alpha value is -3.16. The first-order valence-corrected chi connectivity index (χ1v) is 9.19. The van der Waals surface area contributed by atoms with E-state index in [0.717, 1.165) is 0 Å². The second kappa shape index (κ2) is 8.46. The van der Waals surface area contributed by atoms with Crippen molar-refractivity contribution in [2.75, 3.05) is 26.6 Å². The average molecular weight is 513 g/mol. The molecule has 0 radical (unpaired) electrons. The normalized spacial score (nSPS) is 10.6. The molecule has 0 unspecified atom stereocenters. The van der Waals surface area contributed by atoms with Crippen LogP contribution in [0.3, 0.4) is 0 Å². The Morgan fingerprint density at radius 2 is 1.97 bits per heavy atom. The van der Waals surface area contributed by atoms with E-state index in [4.69, 9.17) is 9.47 Å². The lowest BCUT2D eigenvalue weighted by Gasteiger charge is -2.11. The molecule has 0 spiro atoms. The zero-order chi connectivity index (χ0) is 21.1. The molecule has 0 fully saturated rings. The van der Waals surface area contributed by atoms with Crippen molar-refractivity contribution in [1.29, 1.82) is 0 Å². The molecule has 1 aromatic carbocycles. The molecule has 152 valence electrons. The maximum absolute atomic E-state index is 11.7. The van der Waals surface area contributed by atoms with Gasteiger partial charge in [-0.15, -0.1) is 0 Å². The number of benzene rings is 1. The summed E-state index contributed by atoms with van der Waals surface area (Å²) in [5.74, 6) is -0.497. The highest BCUT2D eigenvalue weighted by atomic mass is 127. The summed E-state index contributed by atoms with van der Waals surface area (Å²) in [6, 6.07) is 4.87. The Morgan fingerprint density at radius 3 is 2.62 bits per heavy atom. The van der Waals surface area contributed by atoms with E-state index in [1.165, 1.54) is 26.0 Å². The fraction of sp³-hybridized carbons (Fsp3) is 0.235. The zero-order valence-electron chi connectivity index (χ0n) is 15.6. The molecule has 3 rings (SSSR count). The fourth-order valence-corrected chi connectivity index (χ4v) is 3.26. The number of fused-ring (bicyclic) bond motifs is 1. The molecule has 12 heteroatoms. The molecule has 0 bridgehead atoms.